The van der Waals surface area contributed by atoms with Crippen molar-refractivity contribution >= 4 is 5.97 Å². The zero-order valence-corrected chi connectivity index (χ0v) is 12.8. The van der Waals surface area contributed by atoms with E-state index in [1.54, 1.807) is 13.0 Å². The summed E-state index contributed by atoms with van der Waals surface area (Å²) in [6, 6.07) is 9.41. The van der Waals surface area contributed by atoms with Crippen molar-refractivity contribution in [3.63, 3.8) is 0 Å². The van der Waals surface area contributed by atoms with Crippen molar-refractivity contribution in [2.24, 2.45) is 0 Å². The highest BCUT2D eigenvalue weighted by Crippen LogP contribution is 2.31. The van der Waals surface area contributed by atoms with Gasteiger partial charge in [0.25, 0.3) is 0 Å². The van der Waals surface area contributed by atoms with Crippen LogP contribution in [0, 0.1) is 27.7 Å². The molecule has 1 atom stereocenters. The number of aliphatic hydroxyl groups excluding tert-OH is 1. The van der Waals surface area contributed by atoms with Gasteiger partial charge in [-0.2, -0.15) is 0 Å². The van der Waals surface area contributed by atoms with Crippen molar-refractivity contribution in [1.29, 1.82) is 0 Å². The molecule has 21 heavy (non-hydrogen) atoms. The minimum Gasteiger partial charge on any atom is -0.478 e. The highest BCUT2D eigenvalue weighted by atomic mass is 16.4. The van der Waals surface area contributed by atoms with E-state index in [1.165, 1.54) is 0 Å². The van der Waals surface area contributed by atoms with Gasteiger partial charge in [-0.15, -0.1) is 0 Å². The van der Waals surface area contributed by atoms with Crippen molar-refractivity contribution < 1.29 is 15.0 Å². The summed E-state index contributed by atoms with van der Waals surface area (Å²) in [5.74, 6) is -1.00. The first-order valence-electron chi connectivity index (χ1n) is 6.91. The van der Waals surface area contributed by atoms with Crippen LogP contribution < -0.4 is 0 Å². The Morgan fingerprint density at radius 3 is 2.14 bits per heavy atom. The molecule has 0 aliphatic rings. The molecule has 0 aliphatic carbocycles. The summed E-state index contributed by atoms with van der Waals surface area (Å²) in [5.41, 5.74) is 4.94. The Morgan fingerprint density at radius 2 is 1.57 bits per heavy atom. The maximum absolute atomic E-state index is 11.6. The molecule has 0 spiro atoms. The Hall–Kier alpha value is -2.13. The SMILES string of the molecule is Cc1ccc(C(O)c2c(C)ccc(C)c2C(=O)O)c(C)c1. The van der Waals surface area contributed by atoms with E-state index in [-0.39, 0.29) is 5.56 Å². The molecule has 0 aliphatic heterocycles. The molecule has 0 aromatic heterocycles. The summed E-state index contributed by atoms with van der Waals surface area (Å²) in [4.78, 5) is 11.6. The zero-order valence-electron chi connectivity index (χ0n) is 12.8. The molecule has 0 fully saturated rings. The summed E-state index contributed by atoms with van der Waals surface area (Å²) in [7, 11) is 0. The van der Waals surface area contributed by atoms with Crippen LogP contribution in [0.4, 0.5) is 0 Å². The van der Waals surface area contributed by atoms with Gasteiger partial charge in [0.15, 0.2) is 0 Å². The van der Waals surface area contributed by atoms with Gasteiger partial charge in [-0.25, -0.2) is 4.79 Å². The number of rotatable bonds is 3. The maximum Gasteiger partial charge on any atom is 0.336 e. The van der Waals surface area contributed by atoms with E-state index in [9.17, 15) is 15.0 Å². The molecule has 2 aromatic carbocycles. The molecule has 110 valence electrons. The highest BCUT2D eigenvalue weighted by Gasteiger charge is 2.23. The zero-order chi connectivity index (χ0) is 15.7. The van der Waals surface area contributed by atoms with Gasteiger partial charge in [0.2, 0.25) is 0 Å². The summed E-state index contributed by atoms with van der Waals surface area (Å²) >= 11 is 0. The summed E-state index contributed by atoms with van der Waals surface area (Å²) < 4.78 is 0. The van der Waals surface area contributed by atoms with Crippen LogP contribution in [0.1, 0.15) is 49.8 Å². The van der Waals surface area contributed by atoms with Crippen LogP contribution in [0.25, 0.3) is 0 Å². The number of carboxylic acids is 1. The van der Waals surface area contributed by atoms with Crippen LogP contribution >= 0.6 is 0 Å². The first-order valence-corrected chi connectivity index (χ1v) is 6.91. The minimum absolute atomic E-state index is 0.197. The summed E-state index contributed by atoms with van der Waals surface area (Å²) in [6.07, 6.45) is -0.934. The number of carbonyl (C=O) groups is 1. The lowest BCUT2D eigenvalue weighted by atomic mass is 9.88. The Kier molecular flexibility index (Phi) is 4.14. The van der Waals surface area contributed by atoms with E-state index in [2.05, 4.69) is 0 Å². The standard InChI is InChI=1S/C18H20O3/c1-10-5-8-14(13(4)9-10)17(19)15-11(2)6-7-12(3)16(15)18(20)21/h5-9,17,19H,1-4H3,(H,20,21). The van der Waals surface area contributed by atoms with Crippen LogP contribution in [-0.2, 0) is 0 Å². The van der Waals surface area contributed by atoms with Gasteiger partial charge in [0.05, 0.1) is 5.56 Å². The second kappa shape index (κ2) is 5.70. The van der Waals surface area contributed by atoms with E-state index >= 15 is 0 Å². The molecule has 0 heterocycles. The summed E-state index contributed by atoms with van der Waals surface area (Å²) in [5, 5.41) is 20.2. The molecule has 0 radical (unpaired) electrons. The van der Waals surface area contributed by atoms with Crippen molar-refractivity contribution in [1.82, 2.24) is 0 Å². The largest absolute Gasteiger partial charge is 0.478 e. The number of hydrogen-bond donors (Lipinski definition) is 2. The molecule has 3 nitrogen and oxygen atoms in total. The van der Waals surface area contributed by atoms with Gasteiger partial charge in [-0.3, -0.25) is 0 Å². The molecule has 0 bridgehead atoms. The van der Waals surface area contributed by atoms with Gasteiger partial charge < -0.3 is 10.2 Å². The highest BCUT2D eigenvalue weighted by molar-refractivity contribution is 5.92. The number of benzene rings is 2. The smallest absolute Gasteiger partial charge is 0.336 e. The lowest BCUT2D eigenvalue weighted by Crippen LogP contribution is -2.13. The van der Waals surface area contributed by atoms with E-state index in [0.717, 1.165) is 22.3 Å². The minimum atomic E-state index is -1.00. The monoisotopic (exact) mass is 284 g/mol. The Morgan fingerprint density at radius 1 is 0.952 bits per heavy atom. The topological polar surface area (TPSA) is 57.5 Å². The van der Waals surface area contributed by atoms with Crippen molar-refractivity contribution in [2.45, 2.75) is 33.8 Å². The average Bonchev–Trinajstić information content (AvgIpc) is 2.40. The predicted molar refractivity (Wildman–Crippen MR) is 82.9 cm³/mol. The Labute approximate surface area is 124 Å². The predicted octanol–water partition coefficient (Wildman–Crippen LogP) is 3.70. The lowest BCUT2D eigenvalue weighted by molar-refractivity contribution is 0.0690. The third kappa shape index (κ3) is 2.83. The molecule has 0 amide bonds. The summed E-state index contributed by atoms with van der Waals surface area (Å²) in [6.45, 7) is 7.50. The van der Waals surface area contributed by atoms with E-state index < -0.39 is 12.1 Å². The van der Waals surface area contributed by atoms with Crippen LogP contribution in [0.5, 0.6) is 0 Å². The molecule has 2 aromatic rings. The van der Waals surface area contributed by atoms with Gasteiger partial charge in [0.1, 0.15) is 6.10 Å². The Balaban J connectivity index is 2.65. The molecule has 1 unspecified atom stereocenters. The van der Waals surface area contributed by atoms with Gasteiger partial charge in [-0.05, 0) is 49.9 Å². The second-order valence-electron chi connectivity index (χ2n) is 5.56. The number of aliphatic hydroxyl groups is 1. The van der Waals surface area contributed by atoms with Crippen LogP contribution in [0.3, 0.4) is 0 Å². The van der Waals surface area contributed by atoms with E-state index in [0.29, 0.717) is 11.1 Å². The van der Waals surface area contributed by atoms with Crippen molar-refractivity contribution in [3.05, 3.63) is 69.3 Å². The van der Waals surface area contributed by atoms with Crippen molar-refractivity contribution in [2.75, 3.05) is 0 Å². The average molecular weight is 284 g/mol. The van der Waals surface area contributed by atoms with E-state index in [4.69, 9.17) is 0 Å². The number of aromatic carboxylic acids is 1. The molecule has 0 saturated carbocycles. The molecular formula is C18H20O3. The number of hydrogen-bond acceptors (Lipinski definition) is 2. The molecule has 3 heteroatoms. The molecule has 2 N–H and O–H groups in total. The third-order valence-electron chi connectivity index (χ3n) is 3.88. The van der Waals surface area contributed by atoms with Crippen LogP contribution in [-0.4, -0.2) is 16.2 Å². The number of aryl methyl sites for hydroxylation is 4. The first kappa shape index (κ1) is 15.3. The first-order chi connectivity index (χ1) is 9.82. The second-order valence-corrected chi connectivity index (χ2v) is 5.56. The molecule has 2 rings (SSSR count). The molecule has 0 saturated heterocycles. The van der Waals surface area contributed by atoms with Crippen LogP contribution in [0.2, 0.25) is 0 Å². The fourth-order valence-electron chi connectivity index (χ4n) is 2.76. The Bertz CT molecular complexity index is 702. The third-order valence-corrected chi connectivity index (χ3v) is 3.88. The fourth-order valence-corrected chi connectivity index (χ4v) is 2.76. The van der Waals surface area contributed by atoms with Gasteiger partial charge in [0, 0.05) is 5.56 Å². The van der Waals surface area contributed by atoms with Gasteiger partial charge in [-0.1, -0.05) is 35.9 Å². The quantitative estimate of drug-likeness (QED) is 0.903. The fraction of sp³-hybridized carbons (Fsp3) is 0.278. The lowest BCUT2D eigenvalue weighted by Gasteiger charge is -2.20. The van der Waals surface area contributed by atoms with E-state index in [1.807, 2.05) is 45.0 Å². The van der Waals surface area contributed by atoms with Crippen LogP contribution in [0.15, 0.2) is 30.3 Å². The van der Waals surface area contributed by atoms with Crippen molar-refractivity contribution in [3.8, 4) is 0 Å². The number of carboxylic acid groups (broad SMARTS) is 1. The van der Waals surface area contributed by atoms with Gasteiger partial charge >= 0.3 is 5.97 Å². The maximum atomic E-state index is 11.6. The molecular weight excluding hydrogens is 264 g/mol. The normalized spacial score (nSPS) is 12.2.